The van der Waals surface area contributed by atoms with E-state index in [1.807, 2.05) is 0 Å². The second kappa shape index (κ2) is 8.75. The van der Waals surface area contributed by atoms with Crippen molar-refractivity contribution >= 4 is 32.2 Å². The molecule has 0 atom stereocenters. The minimum atomic E-state index is -0.405. The van der Waals surface area contributed by atoms with Crippen molar-refractivity contribution in [3.8, 4) is 0 Å². The quantitative estimate of drug-likeness (QED) is 0.542. The molecule has 0 spiro atoms. The van der Waals surface area contributed by atoms with Crippen molar-refractivity contribution in [1.29, 1.82) is 0 Å². The molecule has 8 heteroatoms. The number of rotatable bonds is 5. The van der Waals surface area contributed by atoms with E-state index in [0.29, 0.717) is 20.8 Å². The summed E-state index contributed by atoms with van der Waals surface area (Å²) in [6, 6.07) is 3.23. The molecule has 7 nitrogen and oxygen atoms in total. The Morgan fingerprint density at radius 2 is 1.90 bits per heavy atom. The Bertz CT molecular complexity index is 947. The highest BCUT2D eigenvalue weighted by Crippen LogP contribution is 2.33. The predicted octanol–water partition coefficient (Wildman–Crippen LogP) is 3.97. The van der Waals surface area contributed by atoms with Gasteiger partial charge in [-0.05, 0) is 37.4 Å². The highest BCUT2D eigenvalue weighted by atomic mass is 32.1. The lowest BCUT2D eigenvalue weighted by Gasteiger charge is -2.35. The van der Waals surface area contributed by atoms with Gasteiger partial charge < -0.3 is 4.90 Å². The average molecular weight is 417 g/mol. The van der Waals surface area contributed by atoms with Crippen LogP contribution in [0.2, 0.25) is 0 Å². The number of nitrogens with zero attached hydrogens (tertiary/aromatic N) is 4. The van der Waals surface area contributed by atoms with Gasteiger partial charge in [-0.15, -0.1) is 0 Å². The molecule has 2 aliphatic rings. The number of aryl methyl sites for hydroxylation is 1. The van der Waals surface area contributed by atoms with Gasteiger partial charge in [-0.2, -0.15) is 4.98 Å². The van der Waals surface area contributed by atoms with Crippen molar-refractivity contribution in [3.05, 3.63) is 38.2 Å². The highest BCUT2D eigenvalue weighted by Gasteiger charge is 2.23. The Balaban J connectivity index is 1.45. The predicted molar refractivity (Wildman–Crippen MR) is 117 cm³/mol. The second-order valence-electron chi connectivity index (χ2n) is 8.34. The van der Waals surface area contributed by atoms with Crippen molar-refractivity contribution < 1.29 is 4.92 Å². The molecule has 4 rings (SSSR count). The third kappa shape index (κ3) is 4.59. The number of fused-ring (bicyclic) bond motifs is 1. The Morgan fingerprint density at radius 3 is 2.59 bits per heavy atom. The number of nitro groups is 1. The van der Waals surface area contributed by atoms with Gasteiger partial charge in [-0.1, -0.05) is 43.4 Å². The van der Waals surface area contributed by atoms with E-state index in [4.69, 9.17) is 0 Å². The molecule has 2 heterocycles. The summed E-state index contributed by atoms with van der Waals surface area (Å²) in [6.45, 7) is 6.41. The van der Waals surface area contributed by atoms with E-state index in [-0.39, 0.29) is 11.2 Å². The maximum absolute atomic E-state index is 12.5. The van der Waals surface area contributed by atoms with E-state index in [0.717, 1.165) is 38.6 Å². The van der Waals surface area contributed by atoms with Gasteiger partial charge in [0.2, 0.25) is 0 Å². The number of aromatic nitrogens is 1. The van der Waals surface area contributed by atoms with Gasteiger partial charge in [-0.3, -0.25) is 19.8 Å². The van der Waals surface area contributed by atoms with Gasteiger partial charge in [0.05, 0.1) is 10.3 Å². The zero-order chi connectivity index (χ0) is 20.4. The van der Waals surface area contributed by atoms with Crippen molar-refractivity contribution in [2.75, 3.05) is 37.6 Å². The van der Waals surface area contributed by atoms with Crippen LogP contribution in [0.5, 0.6) is 0 Å². The van der Waals surface area contributed by atoms with Crippen molar-refractivity contribution in [2.45, 2.75) is 45.4 Å². The first-order chi connectivity index (χ1) is 14.0. The summed E-state index contributed by atoms with van der Waals surface area (Å²) in [7, 11) is 0. The van der Waals surface area contributed by atoms with Crippen LogP contribution >= 0.6 is 11.3 Å². The lowest BCUT2D eigenvalue weighted by atomic mass is 9.87. The van der Waals surface area contributed by atoms with Crippen LogP contribution in [0.3, 0.4) is 0 Å². The molecule has 1 aliphatic carbocycles. The molecule has 1 aromatic carbocycles. The summed E-state index contributed by atoms with van der Waals surface area (Å²) in [5.74, 6) is 0.887. The SMILES string of the molecule is Cc1cc([N+](=O)[O-])c2sc(N3CCN(CCC4CCCCC4)CC3)nc(=O)c2c1. The van der Waals surface area contributed by atoms with Crippen LogP contribution in [-0.2, 0) is 0 Å². The second-order valence-corrected chi connectivity index (χ2v) is 9.32. The molecule has 29 heavy (non-hydrogen) atoms. The zero-order valence-electron chi connectivity index (χ0n) is 16.9. The van der Waals surface area contributed by atoms with Crippen LogP contribution in [0.15, 0.2) is 16.9 Å². The third-order valence-electron chi connectivity index (χ3n) is 6.25. The van der Waals surface area contributed by atoms with Crippen molar-refractivity contribution in [2.24, 2.45) is 5.92 Å². The lowest BCUT2D eigenvalue weighted by Crippen LogP contribution is -2.47. The maximum atomic E-state index is 12.5. The largest absolute Gasteiger partial charge is 0.345 e. The smallest absolute Gasteiger partial charge is 0.287 e. The standard InChI is InChI=1S/C21H28N4O3S/c1-15-13-17-19(18(14-15)25(27)28)29-21(22-20(17)26)24-11-9-23(10-12-24)8-7-16-5-3-2-4-6-16/h13-14,16H,2-12H2,1H3. The zero-order valence-corrected chi connectivity index (χ0v) is 17.7. The molecule has 2 aromatic rings. The molecule has 0 bridgehead atoms. The van der Waals surface area contributed by atoms with Gasteiger partial charge in [0.15, 0.2) is 5.13 Å². The number of hydrogen-bond acceptors (Lipinski definition) is 7. The Morgan fingerprint density at radius 1 is 1.17 bits per heavy atom. The summed E-state index contributed by atoms with van der Waals surface area (Å²) in [5, 5.41) is 12.4. The van der Waals surface area contributed by atoms with Crippen molar-refractivity contribution in [3.63, 3.8) is 0 Å². The fourth-order valence-electron chi connectivity index (χ4n) is 4.56. The number of anilines is 1. The van der Waals surface area contributed by atoms with Gasteiger partial charge in [0.1, 0.15) is 4.70 Å². The van der Waals surface area contributed by atoms with E-state index in [9.17, 15) is 14.9 Å². The molecule has 0 amide bonds. The van der Waals surface area contributed by atoms with Crippen LogP contribution < -0.4 is 10.5 Å². The number of hydrogen-bond donors (Lipinski definition) is 0. The maximum Gasteiger partial charge on any atom is 0.287 e. The molecule has 2 fully saturated rings. The molecule has 156 valence electrons. The van der Waals surface area contributed by atoms with E-state index in [1.54, 1.807) is 13.0 Å². The van der Waals surface area contributed by atoms with Gasteiger partial charge in [0, 0.05) is 32.2 Å². The topological polar surface area (TPSA) is 79.6 Å². The Labute approximate surface area is 174 Å². The Hall–Kier alpha value is -2.06. The summed E-state index contributed by atoms with van der Waals surface area (Å²) in [4.78, 5) is 32.5. The molecule has 1 aromatic heterocycles. The molecule has 1 saturated heterocycles. The summed E-state index contributed by atoms with van der Waals surface area (Å²) in [5.41, 5.74) is 0.326. The van der Waals surface area contributed by atoms with Crippen LogP contribution in [0, 0.1) is 23.0 Å². The Kier molecular flexibility index (Phi) is 6.10. The minimum Gasteiger partial charge on any atom is -0.345 e. The van der Waals surface area contributed by atoms with Gasteiger partial charge in [-0.25, -0.2) is 0 Å². The molecule has 1 saturated carbocycles. The fraction of sp³-hybridized carbons (Fsp3) is 0.619. The number of nitro benzene ring substituents is 1. The third-order valence-corrected chi connectivity index (χ3v) is 7.42. The summed E-state index contributed by atoms with van der Waals surface area (Å²) in [6.07, 6.45) is 8.22. The van der Waals surface area contributed by atoms with Crippen LogP contribution in [0.4, 0.5) is 10.8 Å². The normalized spacial score (nSPS) is 19.0. The first-order valence-corrected chi connectivity index (χ1v) is 11.4. The van der Waals surface area contributed by atoms with Crippen LogP contribution in [0.1, 0.15) is 44.1 Å². The number of benzene rings is 1. The fourth-order valence-corrected chi connectivity index (χ4v) is 5.67. The average Bonchev–Trinajstić information content (AvgIpc) is 2.73. The first-order valence-electron chi connectivity index (χ1n) is 10.6. The minimum absolute atomic E-state index is 0.00290. The first kappa shape index (κ1) is 20.2. The molecular weight excluding hydrogens is 388 g/mol. The van der Waals surface area contributed by atoms with E-state index in [2.05, 4.69) is 14.8 Å². The molecule has 0 radical (unpaired) electrons. The van der Waals surface area contributed by atoms with Crippen molar-refractivity contribution in [1.82, 2.24) is 9.88 Å². The van der Waals surface area contributed by atoms with E-state index in [1.165, 1.54) is 55.9 Å². The molecule has 0 N–H and O–H groups in total. The summed E-state index contributed by atoms with van der Waals surface area (Å²) >= 11 is 1.26. The van der Waals surface area contributed by atoms with Gasteiger partial charge in [0.25, 0.3) is 11.2 Å². The summed E-state index contributed by atoms with van der Waals surface area (Å²) < 4.78 is 0.426. The van der Waals surface area contributed by atoms with Gasteiger partial charge >= 0.3 is 0 Å². The lowest BCUT2D eigenvalue weighted by molar-refractivity contribution is -0.382. The molecule has 1 aliphatic heterocycles. The van der Waals surface area contributed by atoms with E-state index >= 15 is 0 Å². The number of piperazine rings is 1. The molecule has 0 unspecified atom stereocenters. The highest BCUT2D eigenvalue weighted by molar-refractivity contribution is 7.22. The molecular formula is C21H28N4O3S. The number of non-ortho nitro benzene ring substituents is 1. The van der Waals surface area contributed by atoms with Crippen LogP contribution in [0.25, 0.3) is 10.1 Å². The monoisotopic (exact) mass is 416 g/mol. The van der Waals surface area contributed by atoms with Crippen LogP contribution in [-0.4, -0.2) is 47.5 Å². The van der Waals surface area contributed by atoms with E-state index < -0.39 is 4.92 Å².